The Balaban J connectivity index is 2.00. The molecule has 0 aromatic heterocycles. The van der Waals surface area contributed by atoms with Crippen LogP contribution in [0.5, 0.6) is 0 Å². The van der Waals surface area contributed by atoms with Gasteiger partial charge in [0.25, 0.3) is 5.91 Å². The summed E-state index contributed by atoms with van der Waals surface area (Å²) < 4.78 is 13.6. The zero-order valence-electron chi connectivity index (χ0n) is 10.5. The van der Waals surface area contributed by atoms with Crippen LogP contribution in [0.3, 0.4) is 0 Å². The van der Waals surface area contributed by atoms with Crippen LogP contribution in [0.2, 0.25) is 0 Å². The summed E-state index contributed by atoms with van der Waals surface area (Å²) >= 11 is 5.35. The fraction of sp³-hybridized carbons (Fsp3) is 0.133. The number of halogens is 3. The van der Waals surface area contributed by atoms with Crippen molar-refractivity contribution in [3.05, 3.63) is 68.5 Å². The fourth-order valence-electron chi connectivity index (χ4n) is 1.70. The van der Waals surface area contributed by atoms with Gasteiger partial charge in [-0.25, -0.2) is 4.39 Å². The van der Waals surface area contributed by atoms with Crippen molar-refractivity contribution in [1.29, 1.82) is 0 Å². The molecule has 0 aliphatic carbocycles. The van der Waals surface area contributed by atoms with Gasteiger partial charge in [-0.3, -0.25) is 4.79 Å². The highest BCUT2D eigenvalue weighted by molar-refractivity contribution is 14.1. The Morgan fingerprint density at radius 1 is 1.15 bits per heavy atom. The average molecular weight is 448 g/mol. The molecule has 2 aromatic carbocycles. The molecule has 20 heavy (non-hydrogen) atoms. The van der Waals surface area contributed by atoms with Gasteiger partial charge in [-0.1, -0.05) is 40.2 Å². The average Bonchev–Trinajstić information content (AvgIpc) is 2.45. The lowest BCUT2D eigenvalue weighted by atomic mass is 10.1. The van der Waals surface area contributed by atoms with Crippen molar-refractivity contribution in [2.24, 2.45) is 0 Å². The molecule has 104 valence electrons. The second kappa shape index (κ2) is 7.17. The van der Waals surface area contributed by atoms with Gasteiger partial charge in [0.1, 0.15) is 5.82 Å². The van der Waals surface area contributed by atoms with Crippen LogP contribution in [0.4, 0.5) is 4.39 Å². The Labute approximate surface area is 139 Å². The molecule has 2 rings (SSSR count). The van der Waals surface area contributed by atoms with Gasteiger partial charge in [0.15, 0.2) is 0 Å². The monoisotopic (exact) mass is 447 g/mol. The Kier molecular flexibility index (Phi) is 5.54. The van der Waals surface area contributed by atoms with Crippen LogP contribution in [0.1, 0.15) is 21.5 Å². The standard InChI is InChI=1S/C15H12BrFINO/c16-8-10-1-3-11(4-2-10)9-19-15(20)13-6-5-12(17)7-14(13)18/h1-7H,8-9H2,(H,19,20). The third kappa shape index (κ3) is 4.02. The van der Waals surface area contributed by atoms with E-state index in [9.17, 15) is 9.18 Å². The topological polar surface area (TPSA) is 29.1 Å². The van der Waals surface area contributed by atoms with Crippen LogP contribution < -0.4 is 5.32 Å². The minimum absolute atomic E-state index is 0.195. The first kappa shape index (κ1) is 15.4. The highest BCUT2D eigenvalue weighted by atomic mass is 127. The molecule has 0 spiro atoms. The van der Waals surface area contributed by atoms with Crippen LogP contribution in [-0.2, 0) is 11.9 Å². The van der Waals surface area contributed by atoms with Crippen molar-refractivity contribution in [3.8, 4) is 0 Å². The minimum Gasteiger partial charge on any atom is -0.348 e. The molecule has 0 radical (unpaired) electrons. The molecule has 1 amide bonds. The number of hydrogen-bond acceptors (Lipinski definition) is 1. The van der Waals surface area contributed by atoms with Crippen molar-refractivity contribution < 1.29 is 9.18 Å². The van der Waals surface area contributed by atoms with Crippen molar-refractivity contribution >= 4 is 44.4 Å². The summed E-state index contributed by atoms with van der Waals surface area (Å²) in [4.78, 5) is 12.0. The molecular weight excluding hydrogens is 436 g/mol. The molecule has 1 N–H and O–H groups in total. The molecule has 0 aliphatic heterocycles. The van der Waals surface area contributed by atoms with Crippen molar-refractivity contribution in [2.75, 3.05) is 0 Å². The normalized spacial score (nSPS) is 10.3. The molecule has 5 heteroatoms. The smallest absolute Gasteiger partial charge is 0.252 e. The number of carbonyl (C=O) groups excluding carboxylic acids is 1. The number of benzene rings is 2. The maximum absolute atomic E-state index is 13.0. The van der Waals surface area contributed by atoms with E-state index in [2.05, 4.69) is 21.2 Å². The first-order valence-corrected chi connectivity index (χ1v) is 8.17. The number of carbonyl (C=O) groups is 1. The van der Waals surface area contributed by atoms with Gasteiger partial charge in [-0.05, 0) is 51.9 Å². The van der Waals surface area contributed by atoms with Gasteiger partial charge in [-0.15, -0.1) is 0 Å². The largest absolute Gasteiger partial charge is 0.348 e. The van der Waals surface area contributed by atoms with E-state index in [-0.39, 0.29) is 11.7 Å². The van der Waals surface area contributed by atoms with Crippen LogP contribution >= 0.6 is 38.5 Å². The fourth-order valence-corrected chi connectivity index (χ4v) is 2.79. The second-order valence-corrected chi connectivity index (χ2v) is 5.98. The van der Waals surface area contributed by atoms with E-state index in [0.717, 1.165) is 10.9 Å². The van der Waals surface area contributed by atoms with Gasteiger partial charge in [0.2, 0.25) is 0 Å². The van der Waals surface area contributed by atoms with E-state index in [1.54, 1.807) is 0 Å². The molecular formula is C15H12BrFINO. The molecule has 0 heterocycles. The first-order valence-electron chi connectivity index (χ1n) is 5.97. The summed E-state index contributed by atoms with van der Waals surface area (Å²) in [5.74, 6) is -0.532. The van der Waals surface area contributed by atoms with Crippen LogP contribution in [0.25, 0.3) is 0 Å². The van der Waals surface area contributed by atoms with Crippen LogP contribution in [0.15, 0.2) is 42.5 Å². The number of rotatable bonds is 4. The zero-order valence-corrected chi connectivity index (χ0v) is 14.2. The van der Waals surface area contributed by atoms with Crippen molar-refractivity contribution in [1.82, 2.24) is 5.32 Å². The number of nitrogens with one attached hydrogen (secondary N) is 1. The molecule has 0 atom stereocenters. The Bertz CT molecular complexity index is 616. The van der Waals surface area contributed by atoms with E-state index in [0.29, 0.717) is 15.7 Å². The lowest BCUT2D eigenvalue weighted by molar-refractivity contribution is 0.0950. The lowest BCUT2D eigenvalue weighted by Crippen LogP contribution is -2.23. The minimum atomic E-state index is -0.337. The maximum Gasteiger partial charge on any atom is 0.252 e. The van der Waals surface area contributed by atoms with Crippen LogP contribution in [-0.4, -0.2) is 5.91 Å². The predicted octanol–water partition coefficient (Wildman–Crippen LogP) is 4.26. The lowest BCUT2D eigenvalue weighted by Gasteiger charge is -2.07. The van der Waals surface area contributed by atoms with Gasteiger partial charge in [-0.2, -0.15) is 0 Å². The Hall–Kier alpha value is -0.950. The number of hydrogen-bond donors (Lipinski definition) is 1. The maximum atomic E-state index is 13.0. The van der Waals surface area contributed by atoms with Crippen molar-refractivity contribution in [2.45, 2.75) is 11.9 Å². The molecule has 2 aromatic rings. The third-order valence-corrected chi connectivity index (χ3v) is 4.35. The van der Waals surface area contributed by atoms with E-state index in [1.165, 1.54) is 23.8 Å². The molecule has 2 nitrogen and oxygen atoms in total. The van der Waals surface area contributed by atoms with E-state index in [1.807, 2.05) is 46.9 Å². The second-order valence-electron chi connectivity index (χ2n) is 4.26. The quantitative estimate of drug-likeness (QED) is 0.550. The molecule has 0 saturated heterocycles. The highest BCUT2D eigenvalue weighted by Crippen LogP contribution is 2.14. The summed E-state index contributed by atoms with van der Waals surface area (Å²) in [6, 6.07) is 12.1. The molecule has 0 aliphatic rings. The summed E-state index contributed by atoms with van der Waals surface area (Å²) in [7, 11) is 0. The van der Waals surface area contributed by atoms with Gasteiger partial charge in [0, 0.05) is 15.4 Å². The number of amides is 1. The summed E-state index contributed by atoms with van der Waals surface area (Å²) in [6.07, 6.45) is 0. The first-order chi connectivity index (χ1) is 9.60. The van der Waals surface area contributed by atoms with E-state index < -0.39 is 0 Å². The van der Waals surface area contributed by atoms with E-state index >= 15 is 0 Å². The summed E-state index contributed by atoms with van der Waals surface area (Å²) in [5.41, 5.74) is 2.71. The molecule has 0 unspecified atom stereocenters. The van der Waals surface area contributed by atoms with Gasteiger partial charge in [0.05, 0.1) is 5.56 Å². The van der Waals surface area contributed by atoms with Gasteiger partial charge >= 0.3 is 0 Å². The zero-order chi connectivity index (χ0) is 14.5. The summed E-state index contributed by atoms with van der Waals surface area (Å²) in [6.45, 7) is 0.453. The van der Waals surface area contributed by atoms with Gasteiger partial charge < -0.3 is 5.32 Å². The molecule has 0 bridgehead atoms. The molecule has 0 fully saturated rings. The van der Waals surface area contributed by atoms with Crippen molar-refractivity contribution in [3.63, 3.8) is 0 Å². The molecule has 0 saturated carbocycles. The summed E-state index contributed by atoms with van der Waals surface area (Å²) in [5, 5.41) is 3.65. The van der Waals surface area contributed by atoms with Crippen LogP contribution in [0, 0.1) is 9.39 Å². The predicted molar refractivity (Wildman–Crippen MR) is 89.4 cm³/mol. The third-order valence-electron chi connectivity index (χ3n) is 2.81. The number of alkyl halides is 1. The Morgan fingerprint density at radius 3 is 2.40 bits per heavy atom. The Morgan fingerprint density at radius 2 is 1.80 bits per heavy atom. The van der Waals surface area contributed by atoms with E-state index in [4.69, 9.17) is 0 Å². The SMILES string of the molecule is O=C(NCc1ccc(CBr)cc1)c1ccc(F)cc1I. The highest BCUT2D eigenvalue weighted by Gasteiger charge is 2.10.